The molecule has 0 aromatic carbocycles. The summed E-state index contributed by atoms with van der Waals surface area (Å²) < 4.78 is 31.6. The van der Waals surface area contributed by atoms with Crippen LogP contribution in [0.25, 0.3) is 0 Å². The van der Waals surface area contributed by atoms with Crippen molar-refractivity contribution in [1.82, 2.24) is 64.4 Å². The highest BCUT2D eigenvalue weighted by Crippen LogP contribution is 2.18. The lowest BCUT2D eigenvalue weighted by Gasteiger charge is -2.05. The van der Waals surface area contributed by atoms with E-state index < -0.39 is 0 Å². The molecular weight excluding hydrogens is 1210 g/mol. The lowest BCUT2D eigenvalue weighted by Crippen LogP contribution is -1.93. The second-order valence-electron chi connectivity index (χ2n) is 22.7. The number of thiazole rings is 1. The molecule has 9 rings (SSSR count). The highest BCUT2D eigenvalue weighted by molar-refractivity contribution is 7.11. The summed E-state index contributed by atoms with van der Waals surface area (Å²) in [7, 11) is 0. The van der Waals surface area contributed by atoms with Crippen LogP contribution in [0.2, 0.25) is 0 Å². The Hall–Kier alpha value is -5.71. The van der Waals surface area contributed by atoms with Crippen LogP contribution in [-0.2, 0) is 0 Å². The number of oxazole rings is 1. The molecule has 520 valence electrons. The summed E-state index contributed by atoms with van der Waals surface area (Å²) >= 11 is 6.23. The Morgan fingerprint density at radius 3 is 1.11 bits per heavy atom. The van der Waals surface area contributed by atoms with Crippen molar-refractivity contribution < 1.29 is 22.3 Å². The summed E-state index contributed by atoms with van der Waals surface area (Å²) in [6, 6.07) is 5.57. The molecule has 18 nitrogen and oxygen atoms in total. The zero-order valence-corrected chi connectivity index (χ0v) is 66.4. The maximum absolute atomic E-state index is 5.12. The minimum absolute atomic E-state index is 0.339. The zero-order valence-electron chi connectivity index (χ0n) is 63.1. The third-order valence-electron chi connectivity index (χ3n) is 6.67. The van der Waals surface area contributed by atoms with Crippen LogP contribution >= 0.6 is 45.7 Å². The first kappa shape index (κ1) is 100. The summed E-state index contributed by atoms with van der Waals surface area (Å²) in [6.45, 7) is 74.2. The summed E-state index contributed by atoms with van der Waals surface area (Å²) in [5.74, 6) is 9.68. The van der Waals surface area contributed by atoms with E-state index in [1.807, 2.05) is 147 Å². The lowest BCUT2D eigenvalue weighted by molar-refractivity contribution is 0.362. The Bertz CT molecular complexity index is 2120. The molecule has 0 radical (unpaired) electrons. The van der Waals surface area contributed by atoms with Crippen molar-refractivity contribution in [2.24, 2.45) is 23.2 Å². The van der Waals surface area contributed by atoms with Gasteiger partial charge in [-0.05, 0) is 85.2 Å². The van der Waals surface area contributed by atoms with Crippen molar-refractivity contribution in [1.29, 1.82) is 0 Å². The summed E-state index contributed by atoms with van der Waals surface area (Å²) in [6.07, 6.45) is 11.3. The SMILES string of the molecule is CC.CC.CC.CC.CC(C)(C)C.CC(C)C.CC(C)C.CC(C)C.Cc1nc(C(C)C)no1.Cc1nnc(C(C)C)o1.Cc1nnc(C(C)C)s1.Cc1noc(C(C)C)n1.Cc1nsc(C(C)C)n1.c1ccoc1.c1cnsc1.c1cocn1.c1cscn1. The van der Waals surface area contributed by atoms with Crippen LogP contribution < -0.4 is 0 Å². The third-order valence-corrected chi connectivity index (χ3v) is 9.96. The number of furan rings is 1. The number of rotatable bonds is 5. The smallest absolute Gasteiger partial charge is 0.229 e. The Morgan fingerprint density at radius 2 is 0.956 bits per heavy atom. The van der Waals surface area contributed by atoms with Crippen LogP contribution in [0.5, 0.6) is 0 Å². The van der Waals surface area contributed by atoms with Gasteiger partial charge in [-0.2, -0.15) is 14.3 Å². The molecule has 0 saturated heterocycles. The maximum atomic E-state index is 5.12. The number of nitrogens with zero attached hydrogens (tertiary/aromatic N) is 13. The Labute approximate surface area is 565 Å². The van der Waals surface area contributed by atoms with E-state index in [4.69, 9.17) is 13.5 Å². The molecule has 0 N–H and O–H groups in total. The summed E-state index contributed by atoms with van der Waals surface area (Å²) in [4.78, 5) is 19.6. The molecule has 90 heavy (non-hydrogen) atoms. The van der Waals surface area contributed by atoms with Crippen molar-refractivity contribution in [2.75, 3.05) is 0 Å². The minimum Gasteiger partial charge on any atom is -0.473 e. The van der Waals surface area contributed by atoms with Gasteiger partial charge in [0.25, 0.3) is 0 Å². The molecule has 0 atom stereocenters. The van der Waals surface area contributed by atoms with E-state index in [1.54, 1.807) is 73.1 Å². The highest BCUT2D eigenvalue weighted by atomic mass is 32.1. The normalized spacial score (nSPS) is 9.24. The molecule has 9 aromatic heterocycles. The van der Waals surface area contributed by atoms with E-state index in [2.05, 4.69) is 191 Å². The quantitative estimate of drug-likeness (QED) is 0.156. The molecule has 0 aliphatic carbocycles. The fourth-order valence-corrected chi connectivity index (χ4v) is 5.54. The van der Waals surface area contributed by atoms with E-state index >= 15 is 0 Å². The van der Waals surface area contributed by atoms with E-state index in [0.29, 0.717) is 64.4 Å². The lowest BCUT2D eigenvalue weighted by atomic mass is 10.0. The van der Waals surface area contributed by atoms with Gasteiger partial charge < -0.3 is 22.3 Å². The first-order chi connectivity index (χ1) is 42.2. The molecular formula is C68H129N13O5S4. The van der Waals surface area contributed by atoms with Crippen molar-refractivity contribution in [3.8, 4) is 0 Å². The fraction of sp³-hybridized carbons (Fsp3) is 0.662. The van der Waals surface area contributed by atoms with Gasteiger partial charge in [0.15, 0.2) is 18.0 Å². The highest BCUT2D eigenvalue weighted by Gasteiger charge is 2.07. The predicted molar refractivity (Wildman–Crippen MR) is 388 cm³/mol. The Balaban J connectivity index is -0.000000135. The molecule has 0 unspecified atom stereocenters. The minimum atomic E-state index is 0.339. The molecule has 0 aliphatic rings. The van der Waals surface area contributed by atoms with Gasteiger partial charge in [-0.3, -0.25) is 4.98 Å². The van der Waals surface area contributed by atoms with Crippen LogP contribution in [0.3, 0.4) is 0 Å². The molecule has 9 heterocycles. The molecule has 0 fully saturated rings. The van der Waals surface area contributed by atoms with E-state index in [9.17, 15) is 0 Å². The maximum Gasteiger partial charge on any atom is 0.229 e. The average Bonchev–Trinajstić information content (AvgIpc) is 4.13. The number of hydrogen-bond acceptors (Lipinski definition) is 22. The van der Waals surface area contributed by atoms with Crippen molar-refractivity contribution >= 4 is 45.7 Å². The van der Waals surface area contributed by atoms with Crippen LogP contribution in [0.15, 0.2) is 101 Å². The summed E-state index contributed by atoms with van der Waals surface area (Å²) in [5, 5.41) is 30.0. The average molecular weight is 1340 g/mol. The largest absolute Gasteiger partial charge is 0.473 e. The van der Waals surface area contributed by atoms with Crippen molar-refractivity contribution in [3.05, 3.63) is 134 Å². The van der Waals surface area contributed by atoms with Crippen LogP contribution in [0.4, 0.5) is 0 Å². The number of aryl methyl sites for hydroxylation is 5. The topological polar surface area (TPSA) is 233 Å². The van der Waals surface area contributed by atoms with Gasteiger partial charge in [0.1, 0.15) is 27.1 Å². The molecule has 0 spiro atoms. The van der Waals surface area contributed by atoms with Gasteiger partial charge in [-0.15, -0.1) is 43.1 Å². The third kappa shape index (κ3) is 86.5. The van der Waals surface area contributed by atoms with E-state index in [-0.39, 0.29) is 0 Å². The standard InChI is InChI=1S/3C6H10N2O.2C6H10N2S.C5H12.C4H4O.3C4H10.C3H3NO.2C3H3NS.4C2H6/c1-4(2)6-8-7-5(3)9-6;1-4(2)6-7-5(3)9-8-6;1-4(2)6-7-5(3)8-9-6;1-4(2)6-8-7-5(3)9-6;1-4(2)6-7-5(3)8-9-6;1-5(2,3)4;1-2-4-5-3-1;3*1-4(2)3;2*1-2-5-3-4-1;1-2-4-5-3-1;4*1-2/h5*4H,1-3H3;1-4H3;1-4H;3*4H,1-3H3;3*1-3H;4*1-2H3. The van der Waals surface area contributed by atoms with E-state index in [1.165, 1.54) is 35.7 Å². The Kier molecular flexibility index (Phi) is 79.0. The van der Waals surface area contributed by atoms with Crippen LogP contribution in [0.1, 0.15) is 300 Å². The number of aromatic nitrogens is 13. The molecule has 0 amide bonds. The zero-order chi connectivity index (χ0) is 71.6. The molecule has 22 heteroatoms. The first-order valence-electron chi connectivity index (χ1n) is 31.7. The van der Waals surface area contributed by atoms with Gasteiger partial charge in [0, 0.05) is 66.6 Å². The second-order valence-corrected chi connectivity index (χ2v) is 26.1. The second kappa shape index (κ2) is 70.7. The first-order valence-corrected chi connectivity index (χ1v) is 35.0. The van der Waals surface area contributed by atoms with Gasteiger partial charge in [0.05, 0.1) is 24.2 Å². The van der Waals surface area contributed by atoms with Gasteiger partial charge >= 0.3 is 0 Å². The number of hydrogen-bond donors (Lipinski definition) is 0. The molecule has 0 bridgehead atoms. The van der Waals surface area contributed by atoms with E-state index in [0.717, 1.165) is 44.4 Å². The van der Waals surface area contributed by atoms with Crippen molar-refractivity contribution in [2.45, 2.75) is 279 Å². The molecule has 0 aliphatic heterocycles. The molecule has 0 saturated carbocycles. The van der Waals surface area contributed by atoms with Gasteiger partial charge in [-0.1, -0.05) is 225 Å². The van der Waals surface area contributed by atoms with Gasteiger partial charge in [-0.25, -0.2) is 14.3 Å². The Morgan fingerprint density at radius 1 is 0.444 bits per heavy atom. The monoisotopic (exact) mass is 1340 g/mol. The molecule has 9 aromatic rings. The fourth-order valence-electron chi connectivity index (χ4n) is 3.49. The van der Waals surface area contributed by atoms with Crippen LogP contribution in [-0.4, -0.2) is 64.4 Å². The predicted octanol–water partition coefficient (Wildman–Crippen LogP) is 23.8. The van der Waals surface area contributed by atoms with Crippen LogP contribution in [0, 0.1) is 57.8 Å². The van der Waals surface area contributed by atoms with Gasteiger partial charge in [0.2, 0.25) is 23.6 Å². The summed E-state index contributed by atoms with van der Waals surface area (Å²) in [5.41, 5.74) is 2.29. The van der Waals surface area contributed by atoms with Crippen molar-refractivity contribution in [3.63, 3.8) is 0 Å².